The van der Waals surface area contributed by atoms with Crippen LogP contribution in [0.15, 0.2) is 41.8 Å². The zero-order valence-electron chi connectivity index (χ0n) is 11.5. The highest BCUT2D eigenvalue weighted by atomic mass is 32.1. The Morgan fingerprint density at radius 1 is 1.10 bits per heavy atom. The van der Waals surface area contributed by atoms with E-state index < -0.39 is 0 Å². The first-order chi connectivity index (χ1) is 9.56. The van der Waals surface area contributed by atoms with Crippen LogP contribution in [0.3, 0.4) is 0 Å². The minimum Gasteiger partial charge on any atom is -0.491 e. The van der Waals surface area contributed by atoms with Crippen LogP contribution in [0.4, 0.5) is 0 Å². The van der Waals surface area contributed by atoms with E-state index in [2.05, 4.69) is 0 Å². The van der Waals surface area contributed by atoms with Crippen LogP contribution in [0, 0.1) is 0 Å². The van der Waals surface area contributed by atoms with E-state index in [0.717, 1.165) is 5.75 Å². The molecule has 0 atom stereocenters. The number of rotatable bonds is 6. The van der Waals surface area contributed by atoms with Crippen molar-refractivity contribution in [2.75, 3.05) is 0 Å². The zero-order valence-corrected chi connectivity index (χ0v) is 12.3. The van der Waals surface area contributed by atoms with Gasteiger partial charge in [0.2, 0.25) is 0 Å². The van der Waals surface area contributed by atoms with Gasteiger partial charge in [0, 0.05) is 5.56 Å². The van der Waals surface area contributed by atoms with Crippen molar-refractivity contribution in [1.82, 2.24) is 0 Å². The van der Waals surface area contributed by atoms with Crippen LogP contribution in [-0.2, 0) is 0 Å². The lowest BCUT2D eigenvalue weighted by Crippen LogP contribution is -2.08. The number of hydrogen-bond donors (Lipinski definition) is 0. The van der Waals surface area contributed by atoms with Gasteiger partial charge >= 0.3 is 0 Å². The molecule has 4 heteroatoms. The lowest BCUT2D eigenvalue weighted by atomic mass is 10.1. The van der Waals surface area contributed by atoms with E-state index in [-0.39, 0.29) is 24.1 Å². The SMILES string of the molecule is CC(C)Oc1ccc(C(=O)CC(=O)c2cccs2)cc1. The number of ketones is 2. The fourth-order valence-corrected chi connectivity index (χ4v) is 2.43. The molecular weight excluding hydrogens is 272 g/mol. The monoisotopic (exact) mass is 288 g/mol. The summed E-state index contributed by atoms with van der Waals surface area (Å²) < 4.78 is 5.51. The Labute approximate surface area is 122 Å². The van der Waals surface area contributed by atoms with Crippen molar-refractivity contribution in [1.29, 1.82) is 0 Å². The molecule has 0 amide bonds. The van der Waals surface area contributed by atoms with Gasteiger partial charge in [-0.05, 0) is 49.6 Å². The third kappa shape index (κ3) is 3.78. The average molecular weight is 288 g/mol. The summed E-state index contributed by atoms with van der Waals surface area (Å²) in [7, 11) is 0. The van der Waals surface area contributed by atoms with E-state index in [0.29, 0.717) is 10.4 Å². The van der Waals surface area contributed by atoms with Gasteiger partial charge in [-0.15, -0.1) is 11.3 Å². The number of Topliss-reactive ketones (excluding diaryl/α,β-unsaturated/α-hetero) is 2. The Morgan fingerprint density at radius 2 is 1.80 bits per heavy atom. The van der Waals surface area contributed by atoms with Gasteiger partial charge in [0.1, 0.15) is 5.75 Å². The van der Waals surface area contributed by atoms with E-state index >= 15 is 0 Å². The molecule has 0 spiro atoms. The quantitative estimate of drug-likeness (QED) is 0.596. The van der Waals surface area contributed by atoms with Crippen molar-refractivity contribution in [3.05, 3.63) is 52.2 Å². The Bertz CT molecular complexity index is 583. The van der Waals surface area contributed by atoms with Gasteiger partial charge in [0.05, 0.1) is 17.4 Å². The molecule has 2 aromatic rings. The smallest absolute Gasteiger partial charge is 0.180 e. The summed E-state index contributed by atoms with van der Waals surface area (Å²) in [5.41, 5.74) is 0.533. The predicted molar refractivity (Wildman–Crippen MR) is 79.8 cm³/mol. The van der Waals surface area contributed by atoms with Gasteiger partial charge in [-0.1, -0.05) is 6.07 Å². The molecule has 1 aromatic heterocycles. The van der Waals surface area contributed by atoms with Gasteiger partial charge in [0.25, 0.3) is 0 Å². The van der Waals surface area contributed by atoms with Gasteiger partial charge in [-0.3, -0.25) is 9.59 Å². The van der Waals surface area contributed by atoms with Crippen molar-refractivity contribution >= 4 is 22.9 Å². The Morgan fingerprint density at radius 3 is 2.35 bits per heavy atom. The molecule has 104 valence electrons. The second kappa shape index (κ2) is 6.48. The number of ether oxygens (including phenoxy) is 1. The summed E-state index contributed by atoms with van der Waals surface area (Å²) in [6.45, 7) is 3.89. The van der Waals surface area contributed by atoms with E-state index in [1.165, 1.54) is 11.3 Å². The topological polar surface area (TPSA) is 43.4 Å². The fourth-order valence-electron chi connectivity index (χ4n) is 1.76. The van der Waals surface area contributed by atoms with Crippen LogP contribution < -0.4 is 4.74 Å². The highest BCUT2D eigenvalue weighted by Crippen LogP contribution is 2.17. The molecule has 1 aromatic carbocycles. The highest BCUT2D eigenvalue weighted by molar-refractivity contribution is 7.12. The molecule has 0 N–H and O–H groups in total. The molecule has 0 unspecified atom stereocenters. The molecule has 0 radical (unpaired) electrons. The maximum absolute atomic E-state index is 12.0. The molecular formula is C16H16O3S. The molecule has 0 aliphatic rings. The number of benzene rings is 1. The summed E-state index contributed by atoms with van der Waals surface area (Å²) in [5, 5.41) is 1.83. The van der Waals surface area contributed by atoms with Crippen LogP contribution >= 0.6 is 11.3 Å². The number of carbonyl (C=O) groups is 2. The van der Waals surface area contributed by atoms with E-state index in [1.807, 2.05) is 19.2 Å². The molecule has 20 heavy (non-hydrogen) atoms. The molecule has 1 heterocycles. The Hall–Kier alpha value is -1.94. The molecule has 0 saturated heterocycles. The number of hydrogen-bond acceptors (Lipinski definition) is 4. The third-order valence-electron chi connectivity index (χ3n) is 2.67. The highest BCUT2D eigenvalue weighted by Gasteiger charge is 2.14. The lowest BCUT2D eigenvalue weighted by molar-refractivity contribution is 0.0896. The summed E-state index contributed by atoms with van der Waals surface area (Å²) in [6.07, 6.45) is 0.00204. The first kappa shape index (κ1) is 14.5. The van der Waals surface area contributed by atoms with Crippen LogP contribution in [-0.4, -0.2) is 17.7 Å². The molecule has 0 aliphatic carbocycles. The van der Waals surface area contributed by atoms with Gasteiger partial charge in [0.15, 0.2) is 11.6 Å². The van der Waals surface area contributed by atoms with Crippen molar-refractivity contribution in [3.8, 4) is 5.75 Å². The zero-order chi connectivity index (χ0) is 14.5. The summed E-state index contributed by atoms with van der Waals surface area (Å²) in [4.78, 5) is 24.5. The number of thiophene rings is 1. The van der Waals surface area contributed by atoms with Crippen molar-refractivity contribution in [2.45, 2.75) is 26.4 Å². The van der Waals surface area contributed by atoms with Gasteiger partial charge < -0.3 is 4.74 Å². The van der Waals surface area contributed by atoms with Crippen molar-refractivity contribution < 1.29 is 14.3 Å². The van der Waals surface area contributed by atoms with Crippen molar-refractivity contribution in [3.63, 3.8) is 0 Å². The van der Waals surface area contributed by atoms with E-state index in [1.54, 1.807) is 36.4 Å². The van der Waals surface area contributed by atoms with Crippen LogP contribution in [0.5, 0.6) is 5.75 Å². The second-order valence-corrected chi connectivity index (χ2v) is 5.64. The van der Waals surface area contributed by atoms with Crippen LogP contribution in [0.1, 0.15) is 40.3 Å². The maximum Gasteiger partial charge on any atom is 0.180 e. The van der Waals surface area contributed by atoms with Crippen LogP contribution in [0.25, 0.3) is 0 Å². The summed E-state index contributed by atoms with van der Waals surface area (Å²) >= 11 is 1.36. The second-order valence-electron chi connectivity index (χ2n) is 4.69. The Balaban J connectivity index is 2.00. The van der Waals surface area contributed by atoms with Gasteiger partial charge in [-0.2, -0.15) is 0 Å². The largest absolute Gasteiger partial charge is 0.491 e. The van der Waals surface area contributed by atoms with Crippen LogP contribution in [0.2, 0.25) is 0 Å². The third-order valence-corrected chi connectivity index (χ3v) is 3.58. The first-order valence-electron chi connectivity index (χ1n) is 6.43. The van der Waals surface area contributed by atoms with E-state index in [9.17, 15) is 9.59 Å². The number of carbonyl (C=O) groups excluding carboxylic acids is 2. The standard InChI is InChI=1S/C16H16O3S/c1-11(2)19-13-7-5-12(6-8-13)14(17)10-15(18)16-4-3-9-20-16/h3-9,11H,10H2,1-2H3. The Kier molecular flexibility index (Phi) is 4.69. The maximum atomic E-state index is 12.0. The summed E-state index contributed by atoms with van der Waals surface area (Å²) in [6, 6.07) is 10.4. The normalized spacial score (nSPS) is 10.6. The molecule has 0 fully saturated rings. The lowest BCUT2D eigenvalue weighted by Gasteiger charge is -2.09. The van der Waals surface area contributed by atoms with Crippen molar-refractivity contribution in [2.24, 2.45) is 0 Å². The molecule has 0 bridgehead atoms. The molecule has 0 saturated carbocycles. The molecule has 0 aliphatic heterocycles. The minimum atomic E-state index is -0.167. The van der Waals surface area contributed by atoms with E-state index in [4.69, 9.17) is 4.74 Å². The first-order valence-corrected chi connectivity index (χ1v) is 7.31. The predicted octanol–water partition coefficient (Wildman–Crippen LogP) is 3.99. The average Bonchev–Trinajstić information content (AvgIpc) is 2.92. The minimum absolute atomic E-state index is 0.0924. The fraction of sp³-hybridized carbons (Fsp3) is 0.250. The summed E-state index contributed by atoms with van der Waals surface area (Å²) in [5.74, 6) is 0.424. The molecule has 3 nitrogen and oxygen atoms in total. The van der Waals surface area contributed by atoms with Gasteiger partial charge in [-0.25, -0.2) is 0 Å². The molecule has 2 rings (SSSR count).